The van der Waals surface area contributed by atoms with E-state index in [0.29, 0.717) is 36.5 Å². The van der Waals surface area contributed by atoms with Gasteiger partial charge in [-0.3, -0.25) is 19.2 Å². The van der Waals surface area contributed by atoms with Gasteiger partial charge in [0.2, 0.25) is 5.91 Å². The summed E-state index contributed by atoms with van der Waals surface area (Å²) in [5.74, 6) is -1.50. The highest BCUT2D eigenvalue weighted by Crippen LogP contribution is 2.52. The van der Waals surface area contributed by atoms with Gasteiger partial charge in [-0.2, -0.15) is 13.2 Å². The van der Waals surface area contributed by atoms with Gasteiger partial charge in [0.25, 0.3) is 11.5 Å². The van der Waals surface area contributed by atoms with Crippen molar-refractivity contribution < 1.29 is 37.8 Å². The number of aryl methyl sites for hydroxylation is 1. The molecule has 13 heteroatoms. The van der Waals surface area contributed by atoms with E-state index < -0.39 is 40.7 Å². The Labute approximate surface area is 291 Å². The van der Waals surface area contributed by atoms with Crippen LogP contribution in [0.5, 0.6) is 0 Å². The number of fused-ring (bicyclic) bond motifs is 1. The Morgan fingerprint density at radius 2 is 1.73 bits per heavy atom. The minimum absolute atomic E-state index is 0.0581. The Balaban J connectivity index is 1.18. The Hall–Kier alpha value is -5.30. The van der Waals surface area contributed by atoms with Crippen molar-refractivity contribution in [1.82, 2.24) is 19.8 Å². The molecule has 1 saturated carbocycles. The maximum atomic E-state index is 13.5. The normalized spacial score (nSPS) is 15.7. The molecule has 3 N–H and O–H groups in total. The second-order valence-corrected chi connectivity index (χ2v) is 13.2. The molecule has 1 fully saturated rings. The molecule has 3 aromatic carbocycles. The third-order valence-corrected chi connectivity index (χ3v) is 9.67. The smallest absolute Gasteiger partial charge is 0.416 e. The lowest BCUT2D eigenvalue weighted by atomic mass is 9.91. The van der Waals surface area contributed by atoms with Crippen LogP contribution < -0.4 is 5.56 Å². The second-order valence-electron chi connectivity index (χ2n) is 13.2. The number of nitrogens with one attached hydrogen (secondary N) is 1. The lowest BCUT2D eigenvalue weighted by Crippen LogP contribution is -2.36. The molecule has 0 bridgehead atoms. The van der Waals surface area contributed by atoms with E-state index in [-0.39, 0.29) is 37.4 Å². The molecule has 0 spiro atoms. The molecule has 2 aliphatic rings. The summed E-state index contributed by atoms with van der Waals surface area (Å²) >= 11 is 0. The molecule has 51 heavy (non-hydrogen) atoms. The fraction of sp³-hybridized carbons (Fsp3) is 0.342. The number of hydrogen-bond acceptors (Lipinski definition) is 6. The van der Waals surface area contributed by atoms with E-state index in [1.807, 2.05) is 42.5 Å². The number of halogens is 3. The van der Waals surface area contributed by atoms with Crippen LogP contribution in [-0.4, -0.2) is 61.4 Å². The Morgan fingerprint density at radius 1 is 1.00 bits per heavy atom. The largest absolute Gasteiger partial charge is 0.481 e. The molecular formula is C38H37F3N4O6. The van der Waals surface area contributed by atoms with Crippen molar-refractivity contribution in [3.8, 4) is 11.1 Å². The number of aromatic nitrogens is 2. The van der Waals surface area contributed by atoms with Crippen LogP contribution >= 0.6 is 0 Å². The van der Waals surface area contributed by atoms with Gasteiger partial charge in [0.15, 0.2) is 6.10 Å². The number of rotatable bonds is 10. The standard InChI is InChI=1S/C38H37F3N4O6/c1-44(31(46)14-15-32(47)48)21-23-10-12-24(13-11-23)25-5-2-7-27(19-25)37(16-17-37)36-42-30-9-4-18-45(22-29(30)34(50)43-36)35(51)33(49)26-6-3-8-28(20-26)38(39,40)41/h2-3,5-8,10-13,19-20,33,49H,4,9,14-18,21-22H2,1H3,(H,47,48)(H,42,43,50)/t33-/m1/s1. The number of benzene rings is 3. The fourth-order valence-electron chi connectivity index (χ4n) is 6.59. The molecule has 0 radical (unpaired) electrons. The van der Waals surface area contributed by atoms with Gasteiger partial charge in [-0.05, 0) is 65.6 Å². The van der Waals surface area contributed by atoms with Crippen molar-refractivity contribution >= 4 is 17.8 Å². The molecular weight excluding hydrogens is 665 g/mol. The van der Waals surface area contributed by atoms with Crippen LogP contribution in [0.4, 0.5) is 13.2 Å². The lowest BCUT2D eigenvalue weighted by Gasteiger charge is -2.24. The number of carbonyl (C=O) groups excluding carboxylic acids is 2. The van der Waals surface area contributed by atoms with Crippen LogP contribution in [0.1, 0.15) is 77.5 Å². The number of aliphatic carboxylic acids is 1. The van der Waals surface area contributed by atoms with Gasteiger partial charge >= 0.3 is 12.1 Å². The van der Waals surface area contributed by atoms with Crippen molar-refractivity contribution in [3.63, 3.8) is 0 Å². The third-order valence-electron chi connectivity index (χ3n) is 9.67. The first-order chi connectivity index (χ1) is 24.2. The summed E-state index contributed by atoms with van der Waals surface area (Å²) in [5, 5.41) is 19.6. The fourth-order valence-corrected chi connectivity index (χ4v) is 6.59. The van der Waals surface area contributed by atoms with Gasteiger partial charge in [0.05, 0.1) is 35.2 Å². The number of carboxylic acid groups (broad SMARTS) is 1. The molecule has 2 heterocycles. The molecule has 1 atom stereocenters. The number of amides is 2. The van der Waals surface area contributed by atoms with Crippen LogP contribution in [0.25, 0.3) is 11.1 Å². The van der Waals surface area contributed by atoms with E-state index in [1.54, 1.807) is 7.05 Å². The maximum absolute atomic E-state index is 13.5. The average Bonchev–Trinajstić information content (AvgIpc) is 3.95. The Kier molecular flexibility index (Phi) is 9.85. The number of nitrogens with zero attached hydrogens (tertiary/aromatic N) is 3. The summed E-state index contributed by atoms with van der Waals surface area (Å²) in [7, 11) is 1.64. The first-order valence-electron chi connectivity index (χ1n) is 16.7. The van der Waals surface area contributed by atoms with Gasteiger partial charge in [0.1, 0.15) is 5.82 Å². The maximum Gasteiger partial charge on any atom is 0.416 e. The summed E-state index contributed by atoms with van der Waals surface area (Å²) < 4.78 is 39.7. The third kappa shape index (κ3) is 7.73. The van der Waals surface area contributed by atoms with Crippen LogP contribution in [0, 0.1) is 0 Å². The van der Waals surface area contributed by atoms with E-state index >= 15 is 0 Å². The minimum Gasteiger partial charge on any atom is -0.481 e. The minimum atomic E-state index is -4.63. The SMILES string of the molecule is CN(Cc1ccc(-c2cccc(C3(c4nc5c(c(=O)[nH]4)CN(C(=O)[C@H](O)c4cccc(C(F)(F)F)c4)CCC5)CC3)c2)cc1)C(=O)CCC(=O)O. The number of aliphatic hydroxyl groups is 1. The monoisotopic (exact) mass is 702 g/mol. The zero-order valence-corrected chi connectivity index (χ0v) is 27.9. The van der Waals surface area contributed by atoms with Crippen LogP contribution in [0.15, 0.2) is 77.6 Å². The molecule has 2 amide bonds. The van der Waals surface area contributed by atoms with Gasteiger partial charge < -0.3 is 25.0 Å². The number of aromatic amines is 1. The molecule has 1 aliphatic heterocycles. The number of hydrogen-bond donors (Lipinski definition) is 3. The quantitative estimate of drug-likeness (QED) is 0.202. The first-order valence-corrected chi connectivity index (χ1v) is 16.7. The van der Waals surface area contributed by atoms with Gasteiger partial charge in [-0.1, -0.05) is 60.7 Å². The molecule has 10 nitrogen and oxygen atoms in total. The number of carbonyl (C=O) groups is 3. The molecule has 4 aromatic rings. The molecule has 0 saturated heterocycles. The second kappa shape index (κ2) is 14.1. The first kappa shape index (κ1) is 35.5. The Morgan fingerprint density at radius 3 is 2.41 bits per heavy atom. The zero-order chi connectivity index (χ0) is 36.5. The van der Waals surface area contributed by atoms with Crippen molar-refractivity contribution in [2.45, 2.75) is 69.3 Å². The molecule has 0 unspecified atom stereocenters. The zero-order valence-electron chi connectivity index (χ0n) is 27.9. The highest BCUT2D eigenvalue weighted by Gasteiger charge is 2.49. The van der Waals surface area contributed by atoms with Crippen molar-refractivity contribution in [2.24, 2.45) is 0 Å². The van der Waals surface area contributed by atoms with Crippen LogP contribution in [0.3, 0.4) is 0 Å². The topological polar surface area (TPSA) is 144 Å². The predicted octanol–water partition coefficient (Wildman–Crippen LogP) is 5.37. The summed E-state index contributed by atoms with van der Waals surface area (Å²) in [6, 6.07) is 19.8. The molecule has 1 aliphatic carbocycles. The number of aliphatic hydroxyl groups excluding tert-OH is 1. The predicted molar refractivity (Wildman–Crippen MR) is 180 cm³/mol. The van der Waals surface area contributed by atoms with Gasteiger partial charge in [-0.15, -0.1) is 0 Å². The van der Waals surface area contributed by atoms with Crippen molar-refractivity contribution in [3.05, 3.63) is 122 Å². The lowest BCUT2D eigenvalue weighted by molar-refractivity contribution is -0.142. The summed E-state index contributed by atoms with van der Waals surface area (Å²) in [5.41, 5.74) is 2.62. The summed E-state index contributed by atoms with van der Waals surface area (Å²) in [4.78, 5) is 60.5. The van der Waals surface area contributed by atoms with Crippen molar-refractivity contribution in [1.29, 1.82) is 0 Å². The average molecular weight is 703 g/mol. The van der Waals surface area contributed by atoms with Crippen molar-refractivity contribution in [2.75, 3.05) is 13.6 Å². The Bertz CT molecular complexity index is 2020. The van der Waals surface area contributed by atoms with E-state index in [2.05, 4.69) is 11.1 Å². The van der Waals surface area contributed by atoms with Gasteiger partial charge in [-0.25, -0.2) is 4.98 Å². The van der Waals surface area contributed by atoms with Crippen LogP contribution in [0.2, 0.25) is 0 Å². The molecule has 266 valence electrons. The number of H-pyrrole nitrogens is 1. The van der Waals surface area contributed by atoms with E-state index in [4.69, 9.17) is 10.1 Å². The van der Waals surface area contributed by atoms with E-state index in [1.165, 1.54) is 15.9 Å². The highest BCUT2D eigenvalue weighted by molar-refractivity contribution is 5.82. The van der Waals surface area contributed by atoms with Gasteiger partial charge in [0, 0.05) is 26.6 Å². The van der Waals surface area contributed by atoms with E-state index in [0.717, 1.165) is 53.3 Å². The highest BCUT2D eigenvalue weighted by atomic mass is 19.4. The summed E-state index contributed by atoms with van der Waals surface area (Å²) in [6.45, 7) is 0.419. The molecule has 6 rings (SSSR count). The number of carboxylic acids is 1. The van der Waals surface area contributed by atoms with E-state index in [9.17, 15) is 37.5 Å². The molecule has 1 aromatic heterocycles. The van der Waals surface area contributed by atoms with Crippen LogP contribution in [-0.2, 0) is 45.5 Å². The number of alkyl halides is 3. The summed E-state index contributed by atoms with van der Waals surface area (Å²) in [6.07, 6.45) is -4.31.